The number of aliphatic hydroxyl groups is 1. The first kappa shape index (κ1) is 10.7. The predicted molar refractivity (Wildman–Crippen MR) is 63.6 cm³/mol. The SMILES string of the molecule is Nc1ncc(N2CCCCC2O)cc1Br. The van der Waals surface area contributed by atoms with Crippen molar-refractivity contribution in [3.63, 3.8) is 0 Å². The molecule has 5 heteroatoms. The number of halogens is 1. The molecule has 1 atom stereocenters. The topological polar surface area (TPSA) is 62.4 Å². The van der Waals surface area contributed by atoms with Gasteiger partial charge < -0.3 is 15.7 Å². The molecule has 2 heterocycles. The molecule has 0 bridgehead atoms. The first-order valence-electron chi connectivity index (χ1n) is 5.04. The molecule has 1 aliphatic rings. The molecule has 2 rings (SSSR count). The van der Waals surface area contributed by atoms with Crippen LogP contribution in [0.1, 0.15) is 19.3 Å². The van der Waals surface area contributed by atoms with Gasteiger partial charge >= 0.3 is 0 Å². The Morgan fingerprint density at radius 2 is 2.33 bits per heavy atom. The van der Waals surface area contributed by atoms with Gasteiger partial charge in [-0.1, -0.05) is 0 Å². The van der Waals surface area contributed by atoms with Crippen LogP contribution in [0.25, 0.3) is 0 Å². The molecule has 1 fully saturated rings. The van der Waals surface area contributed by atoms with Gasteiger partial charge in [-0.2, -0.15) is 0 Å². The molecule has 4 nitrogen and oxygen atoms in total. The summed E-state index contributed by atoms with van der Waals surface area (Å²) in [5.41, 5.74) is 6.53. The van der Waals surface area contributed by atoms with E-state index in [9.17, 15) is 5.11 Å². The van der Waals surface area contributed by atoms with E-state index in [1.807, 2.05) is 11.0 Å². The highest BCUT2D eigenvalue weighted by atomic mass is 79.9. The minimum Gasteiger partial charge on any atom is -0.383 e. The number of anilines is 2. The van der Waals surface area contributed by atoms with Crippen molar-refractivity contribution in [1.29, 1.82) is 0 Å². The van der Waals surface area contributed by atoms with Gasteiger partial charge in [-0.05, 0) is 41.3 Å². The number of hydrogen-bond acceptors (Lipinski definition) is 4. The van der Waals surface area contributed by atoms with Crippen LogP contribution in [-0.2, 0) is 0 Å². The Kier molecular flexibility index (Phi) is 3.11. The Labute approximate surface area is 97.2 Å². The van der Waals surface area contributed by atoms with Crippen molar-refractivity contribution in [1.82, 2.24) is 4.98 Å². The molecule has 82 valence electrons. The molecule has 1 saturated heterocycles. The van der Waals surface area contributed by atoms with Crippen LogP contribution in [0.2, 0.25) is 0 Å². The highest BCUT2D eigenvalue weighted by Gasteiger charge is 2.20. The van der Waals surface area contributed by atoms with E-state index in [1.165, 1.54) is 0 Å². The van der Waals surface area contributed by atoms with Crippen LogP contribution >= 0.6 is 15.9 Å². The lowest BCUT2D eigenvalue weighted by Gasteiger charge is -2.33. The Balaban J connectivity index is 2.24. The molecule has 0 amide bonds. The van der Waals surface area contributed by atoms with Gasteiger partial charge in [0.15, 0.2) is 0 Å². The number of rotatable bonds is 1. The highest BCUT2D eigenvalue weighted by molar-refractivity contribution is 9.10. The molecule has 0 aromatic carbocycles. The second kappa shape index (κ2) is 4.37. The minimum atomic E-state index is -0.393. The standard InChI is InChI=1S/C10H14BrN3O/c11-8-5-7(6-13-10(8)12)14-4-2-1-3-9(14)15/h5-6,9,15H,1-4H2,(H2,12,13). The molecule has 1 unspecified atom stereocenters. The summed E-state index contributed by atoms with van der Waals surface area (Å²) < 4.78 is 0.776. The van der Waals surface area contributed by atoms with Crippen LogP contribution in [0.5, 0.6) is 0 Å². The zero-order valence-corrected chi connectivity index (χ0v) is 9.94. The van der Waals surface area contributed by atoms with E-state index >= 15 is 0 Å². The quantitative estimate of drug-likeness (QED) is 0.817. The molecular formula is C10H14BrN3O. The van der Waals surface area contributed by atoms with Crippen LogP contribution in [0, 0.1) is 0 Å². The largest absolute Gasteiger partial charge is 0.383 e. The van der Waals surface area contributed by atoms with Crippen molar-refractivity contribution < 1.29 is 5.11 Å². The summed E-state index contributed by atoms with van der Waals surface area (Å²) in [5, 5.41) is 9.83. The van der Waals surface area contributed by atoms with Gasteiger partial charge in [0.05, 0.1) is 16.4 Å². The van der Waals surface area contributed by atoms with Gasteiger partial charge in [-0.15, -0.1) is 0 Å². The molecule has 3 N–H and O–H groups in total. The first-order chi connectivity index (χ1) is 7.18. The molecule has 0 aliphatic carbocycles. The van der Waals surface area contributed by atoms with Crippen LogP contribution in [0.15, 0.2) is 16.7 Å². The van der Waals surface area contributed by atoms with E-state index in [0.717, 1.165) is 36.0 Å². The molecular weight excluding hydrogens is 258 g/mol. The van der Waals surface area contributed by atoms with Gasteiger partial charge in [0, 0.05) is 6.54 Å². The number of piperidine rings is 1. The normalized spacial score (nSPS) is 21.7. The molecule has 0 saturated carbocycles. The van der Waals surface area contributed by atoms with Crippen LogP contribution in [0.3, 0.4) is 0 Å². The number of pyridine rings is 1. The Morgan fingerprint density at radius 3 is 3.00 bits per heavy atom. The summed E-state index contributed by atoms with van der Waals surface area (Å²) in [5.74, 6) is 0.477. The lowest BCUT2D eigenvalue weighted by atomic mass is 10.1. The second-order valence-electron chi connectivity index (χ2n) is 3.73. The van der Waals surface area contributed by atoms with Crippen molar-refractivity contribution in [2.24, 2.45) is 0 Å². The molecule has 15 heavy (non-hydrogen) atoms. The van der Waals surface area contributed by atoms with E-state index in [0.29, 0.717) is 5.82 Å². The number of aliphatic hydroxyl groups excluding tert-OH is 1. The van der Waals surface area contributed by atoms with Crippen molar-refractivity contribution in [3.8, 4) is 0 Å². The van der Waals surface area contributed by atoms with E-state index in [2.05, 4.69) is 20.9 Å². The molecule has 0 spiro atoms. The third-order valence-corrected chi connectivity index (χ3v) is 3.29. The minimum absolute atomic E-state index is 0.393. The molecule has 1 aromatic heterocycles. The maximum Gasteiger partial charge on any atom is 0.137 e. The van der Waals surface area contributed by atoms with E-state index in [1.54, 1.807) is 6.20 Å². The fraction of sp³-hybridized carbons (Fsp3) is 0.500. The smallest absolute Gasteiger partial charge is 0.137 e. The van der Waals surface area contributed by atoms with Crippen molar-refractivity contribution in [2.45, 2.75) is 25.5 Å². The molecule has 1 aliphatic heterocycles. The summed E-state index contributed by atoms with van der Waals surface area (Å²) in [4.78, 5) is 6.03. The summed E-state index contributed by atoms with van der Waals surface area (Å²) in [6.45, 7) is 0.874. The number of hydrogen-bond donors (Lipinski definition) is 2. The van der Waals surface area contributed by atoms with E-state index in [-0.39, 0.29) is 0 Å². The monoisotopic (exact) mass is 271 g/mol. The summed E-state index contributed by atoms with van der Waals surface area (Å²) in [6.07, 6.45) is 4.33. The molecule has 1 aromatic rings. The average Bonchev–Trinajstić information content (AvgIpc) is 2.23. The van der Waals surface area contributed by atoms with Crippen LogP contribution in [0.4, 0.5) is 11.5 Å². The fourth-order valence-electron chi connectivity index (χ4n) is 1.81. The number of nitrogen functional groups attached to an aromatic ring is 1. The lowest BCUT2D eigenvalue weighted by molar-refractivity contribution is 0.140. The number of aromatic nitrogens is 1. The summed E-state index contributed by atoms with van der Waals surface area (Å²) in [7, 11) is 0. The van der Waals surface area contributed by atoms with Gasteiger partial charge in [0.1, 0.15) is 12.0 Å². The maximum atomic E-state index is 9.83. The van der Waals surface area contributed by atoms with E-state index in [4.69, 9.17) is 5.73 Å². The van der Waals surface area contributed by atoms with Crippen molar-refractivity contribution >= 4 is 27.4 Å². The summed E-state index contributed by atoms with van der Waals surface area (Å²) in [6, 6.07) is 1.90. The Bertz CT molecular complexity index is 359. The fourth-order valence-corrected chi connectivity index (χ4v) is 2.15. The predicted octanol–water partition coefficient (Wildman–Crippen LogP) is 1.73. The Morgan fingerprint density at radius 1 is 1.53 bits per heavy atom. The van der Waals surface area contributed by atoms with Gasteiger partial charge in [0.2, 0.25) is 0 Å². The zero-order chi connectivity index (χ0) is 10.8. The van der Waals surface area contributed by atoms with Gasteiger partial charge in [-0.25, -0.2) is 4.98 Å². The maximum absolute atomic E-state index is 9.83. The average molecular weight is 272 g/mol. The molecule has 0 radical (unpaired) electrons. The highest BCUT2D eigenvalue weighted by Crippen LogP contribution is 2.27. The van der Waals surface area contributed by atoms with Gasteiger partial charge in [-0.3, -0.25) is 0 Å². The first-order valence-corrected chi connectivity index (χ1v) is 5.83. The zero-order valence-electron chi connectivity index (χ0n) is 8.36. The third-order valence-electron chi connectivity index (χ3n) is 2.66. The number of nitrogens with zero attached hydrogens (tertiary/aromatic N) is 2. The number of nitrogens with two attached hydrogens (primary N) is 1. The van der Waals surface area contributed by atoms with Crippen molar-refractivity contribution in [3.05, 3.63) is 16.7 Å². The second-order valence-corrected chi connectivity index (χ2v) is 4.58. The Hall–Kier alpha value is -0.810. The van der Waals surface area contributed by atoms with Crippen LogP contribution in [-0.4, -0.2) is 22.9 Å². The lowest BCUT2D eigenvalue weighted by Crippen LogP contribution is -2.39. The van der Waals surface area contributed by atoms with Gasteiger partial charge in [0.25, 0.3) is 0 Å². The van der Waals surface area contributed by atoms with E-state index < -0.39 is 6.23 Å². The van der Waals surface area contributed by atoms with Crippen LogP contribution < -0.4 is 10.6 Å². The summed E-state index contributed by atoms with van der Waals surface area (Å²) >= 11 is 3.34. The van der Waals surface area contributed by atoms with Crippen molar-refractivity contribution in [2.75, 3.05) is 17.2 Å². The third kappa shape index (κ3) is 2.23.